The van der Waals surface area contributed by atoms with E-state index in [9.17, 15) is 53.1 Å². The molecule has 506 valence electrons. The van der Waals surface area contributed by atoms with E-state index < -0.39 is 138 Å². The minimum atomic E-state index is -1.20. The van der Waals surface area contributed by atoms with Crippen molar-refractivity contribution in [1.29, 1.82) is 0 Å². The van der Waals surface area contributed by atoms with Crippen molar-refractivity contribution in [2.24, 2.45) is 52.3 Å². The molecule has 0 unspecified atom stereocenters. The molecule has 3 rings (SSSR count). The van der Waals surface area contributed by atoms with E-state index in [1.807, 2.05) is 51.1 Å². The molecule has 1 saturated heterocycles. The first-order valence-corrected chi connectivity index (χ1v) is 31.6. The van der Waals surface area contributed by atoms with Crippen molar-refractivity contribution in [1.82, 2.24) is 30.7 Å². The van der Waals surface area contributed by atoms with E-state index in [-0.39, 0.29) is 75.2 Å². The molecular formula is C66H102N10O15. The summed E-state index contributed by atoms with van der Waals surface area (Å²) in [5.74, 6) is -7.60. The highest BCUT2D eigenvalue weighted by Crippen LogP contribution is 2.33. The third-order valence-corrected chi connectivity index (χ3v) is 17.5. The van der Waals surface area contributed by atoms with Crippen molar-refractivity contribution in [2.45, 2.75) is 188 Å². The molecule has 6 N–H and O–H groups in total. The van der Waals surface area contributed by atoms with Crippen LogP contribution in [0.25, 0.3) is 10.4 Å². The van der Waals surface area contributed by atoms with Crippen molar-refractivity contribution >= 4 is 58.9 Å². The van der Waals surface area contributed by atoms with Gasteiger partial charge in [0.2, 0.25) is 29.5 Å². The first kappa shape index (κ1) is 77.9. The number of benzene rings is 2. The highest BCUT2D eigenvalue weighted by atomic mass is 16.6. The molecule has 0 aliphatic carbocycles. The van der Waals surface area contributed by atoms with Crippen LogP contribution in [0.5, 0.6) is 0 Å². The zero-order valence-corrected chi connectivity index (χ0v) is 56.0. The highest BCUT2D eigenvalue weighted by Gasteiger charge is 2.44. The van der Waals surface area contributed by atoms with Gasteiger partial charge in [0.05, 0.1) is 50.0 Å². The summed E-state index contributed by atoms with van der Waals surface area (Å²) in [6.45, 7) is 17.6. The fourth-order valence-electron chi connectivity index (χ4n) is 11.8. The SMILES string of the molecule is CC[C@H](C)[C@@H]([C@@H](CC(=O)N1CCC[C@H]1[C@H](OC)[C@@H](C)C(=O)C[C@H](C)[C@@H](O)c1ccccc1)OC)N(C)C(=O)[C@@H](NC(=O)[C@H](C(C)C)N(C)C(=O)OCc1ccc(CC(=O)[C@H](CN)NC(=O)[C@@H](CC(=O)[C@H](CCC(=O)OC)NC(=O)CN=[N+]=[N-])C(C)C)cc1)C(C)C. The van der Waals surface area contributed by atoms with Crippen LogP contribution in [0.3, 0.4) is 0 Å². The van der Waals surface area contributed by atoms with Gasteiger partial charge >= 0.3 is 12.1 Å². The number of nitrogens with two attached hydrogens (primary N) is 1. The molecule has 1 aliphatic heterocycles. The van der Waals surface area contributed by atoms with Crippen molar-refractivity contribution in [3.8, 4) is 0 Å². The number of ether oxygens (including phenoxy) is 4. The van der Waals surface area contributed by atoms with Crippen molar-refractivity contribution < 1.29 is 72.0 Å². The Morgan fingerprint density at radius 2 is 1.38 bits per heavy atom. The van der Waals surface area contributed by atoms with Crippen LogP contribution >= 0.6 is 0 Å². The van der Waals surface area contributed by atoms with E-state index in [0.717, 1.165) is 5.56 Å². The quantitative estimate of drug-likeness (QED) is 0.0215. The minimum absolute atomic E-state index is 0.0760. The number of aliphatic hydroxyl groups excluding tert-OH is 1. The number of methoxy groups -OCH3 is 3. The van der Waals surface area contributed by atoms with Gasteiger partial charge in [0.15, 0.2) is 11.6 Å². The van der Waals surface area contributed by atoms with Gasteiger partial charge in [-0.3, -0.25) is 48.1 Å². The van der Waals surface area contributed by atoms with Gasteiger partial charge in [0.1, 0.15) is 37.1 Å². The van der Waals surface area contributed by atoms with Gasteiger partial charge in [-0.1, -0.05) is 135 Å². The number of nitrogens with one attached hydrogen (secondary N) is 3. The molecule has 1 heterocycles. The number of azide groups is 1. The lowest BCUT2D eigenvalue weighted by Gasteiger charge is -2.41. The molecule has 1 aliphatic rings. The number of amides is 6. The van der Waals surface area contributed by atoms with E-state index in [1.54, 1.807) is 96.7 Å². The average Bonchev–Trinajstić information content (AvgIpc) is 1.94. The second-order valence-corrected chi connectivity index (χ2v) is 25.1. The number of hydrogen-bond donors (Lipinski definition) is 5. The Bertz CT molecular complexity index is 2780. The number of nitrogens with zero attached hydrogens (tertiary/aromatic N) is 6. The first-order valence-electron chi connectivity index (χ1n) is 31.6. The zero-order valence-electron chi connectivity index (χ0n) is 56.0. The van der Waals surface area contributed by atoms with Crippen LogP contribution in [-0.2, 0) is 75.1 Å². The Labute approximate surface area is 536 Å². The predicted molar refractivity (Wildman–Crippen MR) is 341 cm³/mol. The van der Waals surface area contributed by atoms with Gasteiger partial charge in [-0.25, -0.2) is 4.79 Å². The number of likely N-dealkylation sites (tertiary alicyclic amines) is 1. The van der Waals surface area contributed by atoms with Gasteiger partial charge in [0.25, 0.3) is 0 Å². The van der Waals surface area contributed by atoms with Crippen molar-refractivity contribution in [3.63, 3.8) is 0 Å². The number of rotatable bonds is 39. The topological polar surface area (TPSA) is 348 Å². The largest absolute Gasteiger partial charge is 0.469 e. The summed E-state index contributed by atoms with van der Waals surface area (Å²) in [7, 11) is 7.29. The Balaban J connectivity index is 1.68. The number of esters is 1. The lowest BCUT2D eigenvalue weighted by atomic mass is 9.85. The number of carbonyl (C=O) groups excluding carboxylic acids is 10. The minimum Gasteiger partial charge on any atom is -0.469 e. The van der Waals surface area contributed by atoms with Crippen LogP contribution in [0.1, 0.15) is 143 Å². The summed E-state index contributed by atoms with van der Waals surface area (Å²) in [4.78, 5) is 143. The second kappa shape index (κ2) is 38.5. The Hall–Kier alpha value is -7.31. The number of aliphatic hydroxyl groups is 1. The summed E-state index contributed by atoms with van der Waals surface area (Å²) in [5, 5.41) is 22.3. The van der Waals surface area contributed by atoms with E-state index in [2.05, 4.69) is 30.7 Å². The third kappa shape index (κ3) is 23.1. The molecule has 2 aromatic rings. The van der Waals surface area contributed by atoms with Gasteiger partial charge < -0.3 is 55.5 Å². The van der Waals surface area contributed by atoms with Crippen LogP contribution in [-0.4, -0.2) is 182 Å². The lowest BCUT2D eigenvalue weighted by molar-refractivity contribution is -0.148. The first-order chi connectivity index (χ1) is 43.0. The molecule has 0 spiro atoms. The van der Waals surface area contributed by atoms with Crippen LogP contribution < -0.4 is 21.7 Å². The summed E-state index contributed by atoms with van der Waals surface area (Å²) in [6.07, 6.45) is -1.87. The Morgan fingerprint density at radius 1 is 0.747 bits per heavy atom. The molecule has 25 nitrogen and oxygen atoms in total. The molecule has 6 amide bonds. The standard InChI is InChI=1S/C66H102N10O15/c1-16-41(8)60(54(88-13)34-56(81)76-30-20-23-50(76)62(90-15)43(10)51(77)31-42(9)61(83)46-21-18-17-19-22-46)74(11)65(86)58(39(4)5)72-64(85)59(40(6)7)75(12)66(87)91-37-45-26-24-44(25-27-45)32-52(78)49(35-67)71-63(84)47(38(2)3)33-53(79)48(28-29-57(82)89-14)70-55(80)36-69-73-68/h17-19,21-22,24-27,38-43,47-50,54,58-62,83H,16,20,23,28-37,67H2,1-15H3,(H,70,80)(H,71,84)(H,72,85)/t41-,42-,43-,47-,48-,49-,50-,54+,58-,59-,60-,61+,62+/m0/s1. The van der Waals surface area contributed by atoms with E-state index in [4.69, 9.17) is 25.5 Å². The van der Waals surface area contributed by atoms with E-state index >= 15 is 0 Å². The monoisotopic (exact) mass is 1270 g/mol. The van der Waals surface area contributed by atoms with Gasteiger partial charge in [-0.05, 0) is 71.1 Å². The molecule has 0 saturated carbocycles. The molecular weight excluding hydrogens is 1170 g/mol. The predicted octanol–water partition coefficient (Wildman–Crippen LogP) is 6.20. The van der Waals surface area contributed by atoms with Gasteiger partial charge in [-0.2, -0.15) is 0 Å². The van der Waals surface area contributed by atoms with Gasteiger partial charge in [-0.15, -0.1) is 0 Å². The maximum absolute atomic E-state index is 14.8. The molecule has 0 aromatic heterocycles. The molecule has 1 fully saturated rings. The van der Waals surface area contributed by atoms with Crippen LogP contribution in [0, 0.1) is 41.4 Å². The van der Waals surface area contributed by atoms with E-state index in [1.165, 1.54) is 26.2 Å². The van der Waals surface area contributed by atoms with Crippen molar-refractivity contribution in [2.75, 3.05) is 55.1 Å². The number of likely N-dealkylation sites (N-methyl/N-ethyl adjacent to an activating group) is 2. The van der Waals surface area contributed by atoms with Crippen LogP contribution in [0.15, 0.2) is 59.7 Å². The highest BCUT2D eigenvalue weighted by molar-refractivity contribution is 5.96. The fraction of sp³-hybridized carbons (Fsp3) is 0.667. The Morgan fingerprint density at radius 3 is 1.93 bits per heavy atom. The number of carbonyl (C=O) groups is 10. The summed E-state index contributed by atoms with van der Waals surface area (Å²) in [6, 6.07) is 10.4. The molecule has 2 aromatic carbocycles. The molecule has 13 atom stereocenters. The maximum Gasteiger partial charge on any atom is 0.410 e. The lowest BCUT2D eigenvalue weighted by Crippen LogP contribution is -2.60. The fourth-order valence-corrected chi connectivity index (χ4v) is 11.8. The number of hydrogen-bond acceptors (Lipinski definition) is 17. The summed E-state index contributed by atoms with van der Waals surface area (Å²) >= 11 is 0. The third-order valence-electron chi connectivity index (χ3n) is 17.5. The van der Waals surface area contributed by atoms with Gasteiger partial charge in [0, 0.05) is 83.8 Å². The summed E-state index contributed by atoms with van der Waals surface area (Å²) < 4.78 is 22.4. The zero-order chi connectivity index (χ0) is 68.4. The average molecular weight is 1280 g/mol. The molecule has 25 heteroatoms. The number of ketones is 3. The number of Topliss-reactive ketones (excluding diaryl/α,β-unsaturated/α-hetero) is 3. The smallest absolute Gasteiger partial charge is 0.410 e. The van der Waals surface area contributed by atoms with E-state index in [0.29, 0.717) is 36.9 Å². The van der Waals surface area contributed by atoms with Crippen LogP contribution in [0.2, 0.25) is 0 Å². The molecule has 91 heavy (non-hydrogen) atoms. The maximum atomic E-state index is 14.8. The normalized spacial score (nSPS) is 17.1. The molecule has 0 bridgehead atoms. The van der Waals surface area contributed by atoms with Crippen molar-refractivity contribution in [3.05, 3.63) is 81.7 Å². The molecule has 0 radical (unpaired) electrons. The Kier molecular flexibility index (Phi) is 33.0. The summed E-state index contributed by atoms with van der Waals surface area (Å²) in [5.41, 5.74) is 16.4. The second-order valence-electron chi connectivity index (χ2n) is 25.1. The van der Waals surface area contributed by atoms with Crippen LogP contribution in [0.4, 0.5) is 4.79 Å².